The molecule has 0 radical (unpaired) electrons. The molecule has 2 heterocycles. The van der Waals surface area contributed by atoms with E-state index in [9.17, 15) is 9.90 Å². The first-order valence-corrected chi connectivity index (χ1v) is 8.83. The lowest BCUT2D eigenvalue weighted by molar-refractivity contribution is -0.122. The number of β-amino-alcohol motifs (C(OH)–C–C–N with tert-alkyl or cyclic N) is 1. The summed E-state index contributed by atoms with van der Waals surface area (Å²) in [5, 5.41) is 9.65. The molecule has 2 atom stereocenters. The number of aromatic nitrogens is 1. The quantitative estimate of drug-likeness (QED) is 0.916. The topological polar surface area (TPSA) is 53.4 Å². The summed E-state index contributed by atoms with van der Waals surface area (Å²) in [5.74, 6) is 0.228. The van der Waals surface area contributed by atoms with Crippen molar-refractivity contribution in [2.75, 3.05) is 13.6 Å². The molecule has 4 nitrogen and oxygen atoms in total. The average Bonchev–Trinajstić information content (AvgIpc) is 3.10. The molecule has 1 aliphatic rings. The third kappa shape index (κ3) is 3.68. The summed E-state index contributed by atoms with van der Waals surface area (Å²) in [5.41, 5.74) is 5.27. The molecular formula is C18H22N2O2S. The number of likely N-dealkylation sites (tertiary alicyclic amines) is 1. The SMILES string of the molecule is Cc1ncsc1-c1ccc(CCC(=O)C2CC(O)CN2C)cc1. The highest BCUT2D eigenvalue weighted by Gasteiger charge is 2.32. The lowest BCUT2D eigenvalue weighted by atomic mass is 10.0. The van der Waals surface area contributed by atoms with Gasteiger partial charge in [-0.2, -0.15) is 0 Å². The van der Waals surface area contributed by atoms with Gasteiger partial charge in [0.25, 0.3) is 0 Å². The van der Waals surface area contributed by atoms with Crippen LogP contribution in [-0.4, -0.2) is 46.5 Å². The number of Topliss-reactive ketones (excluding diaryl/α,β-unsaturated/α-hetero) is 1. The van der Waals surface area contributed by atoms with Crippen LogP contribution in [0.1, 0.15) is 24.1 Å². The van der Waals surface area contributed by atoms with Gasteiger partial charge in [-0.25, -0.2) is 4.98 Å². The van der Waals surface area contributed by atoms with Gasteiger partial charge in [-0.15, -0.1) is 11.3 Å². The van der Waals surface area contributed by atoms with Crippen LogP contribution in [0.25, 0.3) is 10.4 Å². The number of benzene rings is 1. The maximum atomic E-state index is 12.3. The van der Waals surface area contributed by atoms with Gasteiger partial charge >= 0.3 is 0 Å². The number of likely N-dealkylation sites (N-methyl/N-ethyl adjacent to an activating group) is 1. The predicted molar refractivity (Wildman–Crippen MR) is 92.7 cm³/mol. The molecule has 1 aliphatic heterocycles. The summed E-state index contributed by atoms with van der Waals surface area (Å²) < 4.78 is 0. The number of ketones is 1. The highest BCUT2D eigenvalue weighted by atomic mass is 32.1. The van der Waals surface area contributed by atoms with Crippen molar-refractivity contribution >= 4 is 17.1 Å². The van der Waals surface area contributed by atoms with Crippen LogP contribution in [0, 0.1) is 6.92 Å². The third-order valence-corrected chi connectivity index (χ3v) is 5.50. The summed E-state index contributed by atoms with van der Waals surface area (Å²) in [7, 11) is 1.91. The van der Waals surface area contributed by atoms with E-state index in [0.717, 1.165) is 12.1 Å². The van der Waals surface area contributed by atoms with Crippen LogP contribution >= 0.6 is 11.3 Å². The van der Waals surface area contributed by atoms with Gasteiger partial charge in [0.2, 0.25) is 0 Å². The van der Waals surface area contributed by atoms with Gasteiger partial charge in [-0.05, 0) is 37.9 Å². The first-order valence-electron chi connectivity index (χ1n) is 7.95. The smallest absolute Gasteiger partial charge is 0.150 e. The van der Waals surface area contributed by atoms with Gasteiger partial charge in [0, 0.05) is 13.0 Å². The number of nitrogens with zero attached hydrogens (tertiary/aromatic N) is 2. The highest BCUT2D eigenvalue weighted by molar-refractivity contribution is 7.13. The molecule has 0 aliphatic carbocycles. The van der Waals surface area contributed by atoms with Crippen LogP contribution in [0.15, 0.2) is 29.8 Å². The van der Waals surface area contributed by atoms with Gasteiger partial charge in [-0.1, -0.05) is 24.3 Å². The Hall–Kier alpha value is -1.56. The van der Waals surface area contributed by atoms with Crippen molar-refractivity contribution in [1.82, 2.24) is 9.88 Å². The van der Waals surface area contributed by atoms with Gasteiger partial charge in [0.05, 0.1) is 28.2 Å². The number of hydrogen-bond acceptors (Lipinski definition) is 5. The van der Waals surface area contributed by atoms with Crippen molar-refractivity contribution in [3.8, 4) is 10.4 Å². The molecule has 0 spiro atoms. The second-order valence-electron chi connectivity index (χ2n) is 6.28. The molecule has 2 aromatic rings. The Labute approximate surface area is 140 Å². The van der Waals surface area contributed by atoms with E-state index < -0.39 is 0 Å². The maximum Gasteiger partial charge on any atom is 0.150 e. The fourth-order valence-electron chi connectivity index (χ4n) is 3.18. The summed E-state index contributed by atoms with van der Waals surface area (Å²) in [6.07, 6.45) is 1.48. The second kappa shape index (κ2) is 6.91. The molecule has 1 N–H and O–H groups in total. The largest absolute Gasteiger partial charge is 0.392 e. The Morgan fingerprint density at radius 2 is 2.13 bits per heavy atom. The van der Waals surface area contributed by atoms with Gasteiger partial charge in [-0.3, -0.25) is 9.69 Å². The van der Waals surface area contributed by atoms with E-state index in [1.165, 1.54) is 16.0 Å². The molecule has 23 heavy (non-hydrogen) atoms. The highest BCUT2D eigenvalue weighted by Crippen LogP contribution is 2.27. The zero-order valence-corrected chi connectivity index (χ0v) is 14.3. The number of hydrogen-bond donors (Lipinski definition) is 1. The fourth-order valence-corrected chi connectivity index (χ4v) is 4.00. The van der Waals surface area contributed by atoms with E-state index in [1.54, 1.807) is 11.3 Å². The summed E-state index contributed by atoms with van der Waals surface area (Å²) in [4.78, 5) is 19.8. The molecule has 2 unspecified atom stereocenters. The van der Waals surface area contributed by atoms with Gasteiger partial charge in [0.1, 0.15) is 5.78 Å². The monoisotopic (exact) mass is 330 g/mol. The van der Waals surface area contributed by atoms with Crippen molar-refractivity contribution in [3.63, 3.8) is 0 Å². The van der Waals surface area contributed by atoms with Crippen molar-refractivity contribution in [1.29, 1.82) is 0 Å². The van der Waals surface area contributed by atoms with E-state index in [2.05, 4.69) is 29.2 Å². The van der Waals surface area contributed by atoms with Gasteiger partial charge < -0.3 is 5.11 Å². The van der Waals surface area contributed by atoms with Crippen molar-refractivity contribution in [2.45, 2.75) is 38.3 Å². The number of aliphatic hydroxyl groups excluding tert-OH is 1. The lowest BCUT2D eigenvalue weighted by Crippen LogP contribution is -2.33. The Kier molecular flexibility index (Phi) is 4.90. The molecule has 0 amide bonds. The maximum absolute atomic E-state index is 12.3. The van der Waals surface area contributed by atoms with E-state index in [4.69, 9.17) is 0 Å². The number of aliphatic hydroxyl groups is 1. The van der Waals surface area contributed by atoms with Crippen LogP contribution in [0.5, 0.6) is 0 Å². The Morgan fingerprint density at radius 3 is 2.70 bits per heavy atom. The zero-order valence-electron chi connectivity index (χ0n) is 13.5. The summed E-state index contributed by atoms with van der Waals surface area (Å²) in [6.45, 7) is 2.62. The van der Waals surface area contributed by atoms with Gasteiger partial charge in [0.15, 0.2) is 0 Å². The van der Waals surface area contributed by atoms with Crippen LogP contribution in [-0.2, 0) is 11.2 Å². The molecule has 0 saturated carbocycles. The summed E-state index contributed by atoms with van der Waals surface area (Å²) in [6, 6.07) is 8.27. The summed E-state index contributed by atoms with van der Waals surface area (Å²) >= 11 is 1.65. The molecule has 5 heteroatoms. The van der Waals surface area contributed by atoms with Crippen LogP contribution in [0.3, 0.4) is 0 Å². The fraction of sp³-hybridized carbons (Fsp3) is 0.444. The first kappa shape index (κ1) is 16.3. The minimum atomic E-state index is -0.365. The number of carbonyl (C=O) groups excluding carboxylic acids is 1. The lowest BCUT2D eigenvalue weighted by Gasteiger charge is -2.17. The van der Waals surface area contributed by atoms with E-state index in [1.807, 2.05) is 24.4 Å². The van der Waals surface area contributed by atoms with E-state index in [-0.39, 0.29) is 17.9 Å². The average molecular weight is 330 g/mol. The Balaban J connectivity index is 1.59. The number of thiazole rings is 1. The number of rotatable bonds is 5. The molecule has 1 fully saturated rings. The van der Waals surface area contributed by atoms with Crippen LogP contribution in [0.4, 0.5) is 0 Å². The zero-order chi connectivity index (χ0) is 16.4. The Bertz CT molecular complexity index is 681. The van der Waals surface area contributed by atoms with Crippen molar-refractivity contribution in [2.24, 2.45) is 0 Å². The molecular weight excluding hydrogens is 308 g/mol. The molecule has 122 valence electrons. The second-order valence-corrected chi connectivity index (χ2v) is 7.13. The Morgan fingerprint density at radius 1 is 1.39 bits per heavy atom. The van der Waals surface area contributed by atoms with E-state index >= 15 is 0 Å². The minimum Gasteiger partial charge on any atom is -0.392 e. The van der Waals surface area contributed by atoms with Crippen LogP contribution in [0.2, 0.25) is 0 Å². The molecule has 0 bridgehead atoms. The molecule has 3 rings (SSSR count). The van der Waals surface area contributed by atoms with Crippen molar-refractivity contribution < 1.29 is 9.90 Å². The number of carbonyl (C=O) groups is 1. The van der Waals surface area contributed by atoms with E-state index in [0.29, 0.717) is 19.4 Å². The molecule has 1 saturated heterocycles. The molecule has 1 aromatic carbocycles. The van der Waals surface area contributed by atoms with Crippen LogP contribution < -0.4 is 0 Å². The molecule has 1 aromatic heterocycles. The third-order valence-electron chi connectivity index (χ3n) is 4.52. The number of aryl methyl sites for hydroxylation is 2. The van der Waals surface area contributed by atoms with Crippen molar-refractivity contribution in [3.05, 3.63) is 41.0 Å². The minimum absolute atomic E-state index is 0.121. The standard InChI is InChI=1S/C18H22N2O2S/c1-12-18(23-11-19-12)14-6-3-13(4-7-14)5-8-17(22)16-9-15(21)10-20(16)2/h3-4,6-7,11,15-16,21H,5,8-10H2,1-2H3. The predicted octanol–water partition coefficient (Wildman–Crippen LogP) is 2.69. The normalized spacial score (nSPS) is 21.7. The first-order chi connectivity index (χ1) is 11.0.